The Morgan fingerprint density at radius 3 is 2.75 bits per heavy atom. The molecule has 0 bridgehead atoms. The minimum Gasteiger partial charge on any atom is -0.497 e. The van der Waals surface area contributed by atoms with Crippen LogP contribution in [0.5, 0.6) is 5.75 Å². The van der Waals surface area contributed by atoms with Crippen molar-refractivity contribution in [2.75, 3.05) is 7.11 Å². The summed E-state index contributed by atoms with van der Waals surface area (Å²) in [5.74, 6) is -2.48. The number of ether oxygens (including phenoxy) is 1. The van der Waals surface area contributed by atoms with Gasteiger partial charge in [0, 0.05) is 12.1 Å². The van der Waals surface area contributed by atoms with Crippen LogP contribution in [0.15, 0.2) is 18.2 Å². The predicted molar refractivity (Wildman–Crippen MR) is 69.2 cm³/mol. The van der Waals surface area contributed by atoms with Crippen LogP contribution in [0, 0.1) is 11.7 Å². The van der Waals surface area contributed by atoms with Crippen molar-refractivity contribution in [2.45, 2.75) is 25.3 Å². The minimum atomic E-state index is -0.928. The van der Waals surface area contributed by atoms with Gasteiger partial charge in [-0.3, -0.25) is 9.59 Å². The van der Waals surface area contributed by atoms with E-state index in [4.69, 9.17) is 9.84 Å². The molecular weight excluding hydrogens is 265 g/mol. The lowest BCUT2D eigenvalue weighted by Crippen LogP contribution is -2.40. The summed E-state index contributed by atoms with van der Waals surface area (Å²) in [6.07, 6.45) is 1.87. The van der Waals surface area contributed by atoms with Gasteiger partial charge in [-0.1, -0.05) is 6.42 Å². The third-order valence-corrected chi connectivity index (χ3v) is 3.57. The van der Waals surface area contributed by atoms with E-state index in [9.17, 15) is 14.0 Å². The van der Waals surface area contributed by atoms with Gasteiger partial charge in [-0.05, 0) is 25.0 Å². The van der Waals surface area contributed by atoms with Crippen LogP contribution in [0.1, 0.15) is 29.6 Å². The number of carbonyl (C=O) groups excluding carboxylic acids is 1. The summed E-state index contributed by atoms with van der Waals surface area (Å²) >= 11 is 0. The zero-order chi connectivity index (χ0) is 14.7. The average molecular weight is 281 g/mol. The van der Waals surface area contributed by atoms with E-state index in [2.05, 4.69) is 5.32 Å². The number of aliphatic carboxylic acids is 1. The van der Waals surface area contributed by atoms with Gasteiger partial charge in [-0.15, -0.1) is 0 Å². The summed E-state index contributed by atoms with van der Waals surface area (Å²) in [6, 6.07) is 3.50. The molecule has 0 spiro atoms. The third kappa shape index (κ3) is 2.89. The van der Waals surface area contributed by atoms with E-state index < -0.39 is 29.7 Å². The van der Waals surface area contributed by atoms with Gasteiger partial charge in [-0.25, -0.2) is 4.39 Å². The molecule has 1 saturated carbocycles. The van der Waals surface area contributed by atoms with Crippen molar-refractivity contribution >= 4 is 11.9 Å². The number of rotatable bonds is 4. The average Bonchev–Trinajstić information content (AvgIpc) is 2.86. The second kappa shape index (κ2) is 5.90. The molecular formula is C14H16FNO4. The van der Waals surface area contributed by atoms with Gasteiger partial charge in [-0.2, -0.15) is 0 Å². The van der Waals surface area contributed by atoms with Crippen LogP contribution >= 0.6 is 0 Å². The number of halogens is 1. The highest BCUT2D eigenvalue weighted by molar-refractivity contribution is 5.95. The number of methoxy groups -OCH3 is 1. The molecule has 5 nitrogen and oxygen atoms in total. The van der Waals surface area contributed by atoms with Crippen molar-refractivity contribution in [2.24, 2.45) is 5.92 Å². The topological polar surface area (TPSA) is 75.6 Å². The molecule has 1 aromatic carbocycles. The zero-order valence-corrected chi connectivity index (χ0v) is 11.1. The lowest BCUT2D eigenvalue weighted by molar-refractivity contribution is -0.142. The maximum atomic E-state index is 13.8. The van der Waals surface area contributed by atoms with Crippen molar-refractivity contribution in [1.29, 1.82) is 0 Å². The molecule has 0 aliphatic heterocycles. The highest BCUT2D eigenvalue weighted by atomic mass is 19.1. The summed E-state index contributed by atoms with van der Waals surface area (Å²) in [6.45, 7) is 0. The highest BCUT2D eigenvalue weighted by Crippen LogP contribution is 2.26. The van der Waals surface area contributed by atoms with Gasteiger partial charge >= 0.3 is 5.97 Å². The van der Waals surface area contributed by atoms with Gasteiger partial charge in [0.2, 0.25) is 0 Å². The Labute approximate surface area is 115 Å². The van der Waals surface area contributed by atoms with Gasteiger partial charge in [0.05, 0.1) is 18.6 Å². The number of carboxylic acids is 1. The van der Waals surface area contributed by atoms with Gasteiger partial charge < -0.3 is 15.2 Å². The fraction of sp³-hybridized carbons (Fsp3) is 0.429. The van der Waals surface area contributed by atoms with E-state index in [0.717, 1.165) is 12.5 Å². The van der Waals surface area contributed by atoms with Crippen LogP contribution in [0.2, 0.25) is 0 Å². The Hall–Kier alpha value is -2.11. The first-order valence-corrected chi connectivity index (χ1v) is 6.40. The lowest BCUT2D eigenvalue weighted by Gasteiger charge is -2.17. The molecule has 2 N–H and O–H groups in total. The van der Waals surface area contributed by atoms with Crippen LogP contribution in [0.3, 0.4) is 0 Å². The fourth-order valence-electron chi connectivity index (χ4n) is 2.48. The van der Waals surface area contributed by atoms with Crippen LogP contribution in [0.25, 0.3) is 0 Å². The number of amides is 1. The molecule has 2 unspecified atom stereocenters. The molecule has 0 heterocycles. The molecule has 1 aromatic rings. The molecule has 0 aromatic heterocycles. The Balaban J connectivity index is 2.10. The monoisotopic (exact) mass is 281 g/mol. The number of hydrogen-bond acceptors (Lipinski definition) is 3. The molecule has 1 amide bonds. The first kappa shape index (κ1) is 14.3. The summed E-state index contributed by atoms with van der Waals surface area (Å²) in [7, 11) is 1.41. The number of carbonyl (C=O) groups is 2. The molecule has 1 aliphatic rings. The quantitative estimate of drug-likeness (QED) is 0.882. The molecule has 2 atom stereocenters. The summed E-state index contributed by atoms with van der Waals surface area (Å²) in [5, 5.41) is 11.7. The summed E-state index contributed by atoms with van der Waals surface area (Å²) in [5.41, 5.74) is -0.109. The Bertz CT molecular complexity index is 532. The highest BCUT2D eigenvalue weighted by Gasteiger charge is 2.34. The van der Waals surface area contributed by atoms with Gasteiger partial charge in [0.1, 0.15) is 11.6 Å². The zero-order valence-electron chi connectivity index (χ0n) is 11.1. The predicted octanol–water partition coefficient (Wildman–Crippen LogP) is 1.82. The molecule has 0 radical (unpaired) electrons. The van der Waals surface area contributed by atoms with E-state index in [0.29, 0.717) is 18.6 Å². The first-order valence-electron chi connectivity index (χ1n) is 6.40. The fourth-order valence-corrected chi connectivity index (χ4v) is 2.48. The van der Waals surface area contributed by atoms with Crippen LogP contribution in [-0.2, 0) is 4.79 Å². The molecule has 2 rings (SSSR count). The Morgan fingerprint density at radius 2 is 2.15 bits per heavy atom. The molecule has 108 valence electrons. The largest absolute Gasteiger partial charge is 0.497 e. The van der Waals surface area contributed by atoms with E-state index in [1.165, 1.54) is 19.2 Å². The lowest BCUT2D eigenvalue weighted by atomic mass is 10.0. The summed E-state index contributed by atoms with van der Waals surface area (Å²) < 4.78 is 18.6. The Kier molecular flexibility index (Phi) is 4.22. The van der Waals surface area contributed by atoms with Gasteiger partial charge in [0.25, 0.3) is 5.91 Å². The number of hydrogen-bond donors (Lipinski definition) is 2. The second-order valence-corrected chi connectivity index (χ2v) is 4.80. The van der Waals surface area contributed by atoms with Gasteiger partial charge in [0.15, 0.2) is 0 Å². The maximum Gasteiger partial charge on any atom is 0.308 e. The molecule has 1 fully saturated rings. The molecule has 1 aliphatic carbocycles. The Morgan fingerprint density at radius 1 is 1.40 bits per heavy atom. The number of nitrogens with one attached hydrogen (secondary N) is 1. The third-order valence-electron chi connectivity index (χ3n) is 3.57. The van der Waals surface area contributed by atoms with E-state index in [1.54, 1.807) is 0 Å². The van der Waals surface area contributed by atoms with Crippen molar-refractivity contribution in [1.82, 2.24) is 5.32 Å². The standard InChI is InChI=1S/C14H16FNO4/c1-20-8-5-6-9(11(15)7-8)13(17)16-12-4-2-3-10(12)14(18)19/h5-7,10,12H,2-4H2,1H3,(H,16,17)(H,18,19). The minimum absolute atomic E-state index is 0.109. The van der Waals surface area contributed by atoms with Crippen LogP contribution in [0.4, 0.5) is 4.39 Å². The second-order valence-electron chi connectivity index (χ2n) is 4.80. The van der Waals surface area contributed by atoms with Crippen molar-refractivity contribution in [3.63, 3.8) is 0 Å². The number of carboxylic acid groups (broad SMARTS) is 1. The number of benzene rings is 1. The normalized spacial score (nSPS) is 21.5. The summed E-state index contributed by atoms with van der Waals surface area (Å²) in [4.78, 5) is 23.0. The van der Waals surface area contributed by atoms with Crippen molar-refractivity contribution in [3.05, 3.63) is 29.6 Å². The smallest absolute Gasteiger partial charge is 0.308 e. The maximum absolute atomic E-state index is 13.8. The van der Waals surface area contributed by atoms with Crippen LogP contribution in [-0.4, -0.2) is 30.1 Å². The van der Waals surface area contributed by atoms with Crippen molar-refractivity contribution < 1.29 is 23.8 Å². The first-order chi connectivity index (χ1) is 9.52. The van der Waals surface area contributed by atoms with E-state index in [1.807, 2.05) is 0 Å². The SMILES string of the molecule is COc1ccc(C(=O)NC2CCCC2C(=O)O)c(F)c1. The molecule has 6 heteroatoms. The molecule has 0 saturated heterocycles. The van der Waals surface area contributed by atoms with E-state index in [-0.39, 0.29) is 5.56 Å². The molecule has 20 heavy (non-hydrogen) atoms. The van der Waals surface area contributed by atoms with Crippen LogP contribution < -0.4 is 10.1 Å². The van der Waals surface area contributed by atoms with E-state index >= 15 is 0 Å². The van der Waals surface area contributed by atoms with Crippen molar-refractivity contribution in [3.8, 4) is 5.75 Å².